The van der Waals surface area contributed by atoms with Crippen molar-refractivity contribution < 1.29 is 27.1 Å². The smallest absolute Gasteiger partial charge is 0.422 e. The van der Waals surface area contributed by atoms with Crippen LogP contribution in [0, 0.1) is 5.82 Å². The van der Waals surface area contributed by atoms with Crippen LogP contribution in [0.5, 0.6) is 5.75 Å². The molecule has 0 unspecified atom stereocenters. The number of hydrogen-bond acceptors (Lipinski definition) is 2. The molecule has 0 saturated heterocycles. The molecular weight excluding hydrogens is 326 g/mol. The van der Waals surface area contributed by atoms with Crippen molar-refractivity contribution in [2.75, 3.05) is 11.9 Å². The number of hydrogen-bond donors (Lipinski definition) is 1. The van der Waals surface area contributed by atoms with Crippen molar-refractivity contribution in [3.05, 3.63) is 59.9 Å². The number of halogens is 4. The van der Waals surface area contributed by atoms with Crippen LogP contribution in [0.1, 0.15) is 12.0 Å². The molecule has 1 N–H and O–H groups in total. The van der Waals surface area contributed by atoms with Crippen LogP contribution in [0.25, 0.3) is 0 Å². The molecule has 0 saturated carbocycles. The first-order valence-electron chi connectivity index (χ1n) is 7.16. The van der Waals surface area contributed by atoms with Crippen LogP contribution in [-0.4, -0.2) is 18.7 Å². The standard InChI is InChI=1S/C17H15F4NO2/c18-13-4-1-12(2-5-13)3-10-16(23)22-14-6-8-15(9-7-14)24-11-17(19,20)21/h1-2,4-9H,3,10-11H2,(H,22,23). The molecule has 0 aliphatic heterocycles. The molecule has 0 radical (unpaired) electrons. The Balaban J connectivity index is 1.80. The summed E-state index contributed by atoms with van der Waals surface area (Å²) >= 11 is 0. The lowest BCUT2D eigenvalue weighted by Crippen LogP contribution is -2.19. The normalized spacial score (nSPS) is 11.2. The molecule has 128 valence electrons. The molecule has 1 amide bonds. The molecule has 2 aromatic rings. The van der Waals surface area contributed by atoms with E-state index in [0.717, 1.165) is 5.56 Å². The number of nitrogens with one attached hydrogen (secondary N) is 1. The first-order chi connectivity index (χ1) is 11.3. The average molecular weight is 341 g/mol. The van der Waals surface area contributed by atoms with E-state index in [4.69, 9.17) is 0 Å². The van der Waals surface area contributed by atoms with Crippen LogP contribution in [-0.2, 0) is 11.2 Å². The van der Waals surface area contributed by atoms with Crippen LogP contribution in [0.2, 0.25) is 0 Å². The first-order valence-corrected chi connectivity index (χ1v) is 7.16. The molecule has 2 aromatic carbocycles. The van der Waals surface area contributed by atoms with Gasteiger partial charge in [-0.2, -0.15) is 13.2 Å². The third kappa shape index (κ3) is 6.28. The van der Waals surface area contributed by atoms with Gasteiger partial charge in [0.2, 0.25) is 5.91 Å². The van der Waals surface area contributed by atoms with Crippen LogP contribution < -0.4 is 10.1 Å². The van der Waals surface area contributed by atoms with Gasteiger partial charge in [0.05, 0.1) is 0 Å². The van der Waals surface area contributed by atoms with Gasteiger partial charge in [0.15, 0.2) is 6.61 Å². The maximum Gasteiger partial charge on any atom is 0.422 e. The number of carbonyl (C=O) groups excluding carboxylic acids is 1. The van der Waals surface area contributed by atoms with E-state index in [0.29, 0.717) is 12.1 Å². The first kappa shape index (κ1) is 17.8. The molecule has 0 bridgehead atoms. The van der Waals surface area contributed by atoms with Gasteiger partial charge in [-0.1, -0.05) is 12.1 Å². The maximum absolute atomic E-state index is 12.8. The highest BCUT2D eigenvalue weighted by Crippen LogP contribution is 2.20. The number of alkyl halides is 3. The fourth-order valence-electron chi connectivity index (χ4n) is 1.93. The van der Waals surface area contributed by atoms with Crippen molar-refractivity contribution in [1.82, 2.24) is 0 Å². The molecule has 0 spiro atoms. The minimum atomic E-state index is -4.40. The van der Waals surface area contributed by atoms with Crippen molar-refractivity contribution >= 4 is 11.6 Å². The summed E-state index contributed by atoms with van der Waals surface area (Å²) in [6, 6.07) is 11.5. The number of carbonyl (C=O) groups is 1. The summed E-state index contributed by atoms with van der Waals surface area (Å²) < 4.78 is 53.5. The van der Waals surface area contributed by atoms with E-state index in [-0.39, 0.29) is 23.9 Å². The van der Waals surface area contributed by atoms with E-state index in [1.54, 1.807) is 12.1 Å². The van der Waals surface area contributed by atoms with E-state index in [1.165, 1.54) is 36.4 Å². The zero-order valence-corrected chi connectivity index (χ0v) is 12.6. The Bertz CT molecular complexity index is 666. The highest BCUT2D eigenvalue weighted by molar-refractivity contribution is 5.90. The van der Waals surface area contributed by atoms with Crippen molar-refractivity contribution in [2.24, 2.45) is 0 Å². The minimum Gasteiger partial charge on any atom is -0.484 e. The van der Waals surface area contributed by atoms with Gasteiger partial charge in [0.1, 0.15) is 11.6 Å². The molecule has 3 nitrogen and oxygen atoms in total. The molecule has 0 heterocycles. The highest BCUT2D eigenvalue weighted by Gasteiger charge is 2.28. The highest BCUT2D eigenvalue weighted by atomic mass is 19.4. The van der Waals surface area contributed by atoms with Gasteiger partial charge in [-0.3, -0.25) is 4.79 Å². The lowest BCUT2D eigenvalue weighted by Gasteiger charge is -2.10. The zero-order valence-electron chi connectivity index (χ0n) is 12.6. The number of amides is 1. The Morgan fingerprint density at radius 1 is 1.00 bits per heavy atom. The molecule has 0 aliphatic carbocycles. The summed E-state index contributed by atoms with van der Waals surface area (Å²) in [4.78, 5) is 11.8. The van der Waals surface area contributed by atoms with Gasteiger partial charge in [-0.15, -0.1) is 0 Å². The predicted octanol–water partition coefficient (Wildman–Crippen LogP) is 4.34. The van der Waals surface area contributed by atoms with E-state index in [9.17, 15) is 22.4 Å². The van der Waals surface area contributed by atoms with Gasteiger partial charge in [0.25, 0.3) is 0 Å². The van der Waals surface area contributed by atoms with Crippen molar-refractivity contribution in [2.45, 2.75) is 19.0 Å². The largest absolute Gasteiger partial charge is 0.484 e. The number of rotatable bonds is 6. The van der Waals surface area contributed by atoms with Gasteiger partial charge < -0.3 is 10.1 Å². The fraction of sp³-hybridized carbons (Fsp3) is 0.235. The SMILES string of the molecule is O=C(CCc1ccc(F)cc1)Nc1ccc(OCC(F)(F)F)cc1. The van der Waals surface area contributed by atoms with Crippen LogP contribution in [0.4, 0.5) is 23.2 Å². The Morgan fingerprint density at radius 3 is 2.21 bits per heavy atom. The van der Waals surface area contributed by atoms with Gasteiger partial charge in [-0.05, 0) is 48.4 Å². The average Bonchev–Trinajstić information content (AvgIpc) is 2.53. The van der Waals surface area contributed by atoms with Crippen LogP contribution in [0.15, 0.2) is 48.5 Å². The molecule has 24 heavy (non-hydrogen) atoms. The van der Waals surface area contributed by atoms with Crippen molar-refractivity contribution in [1.29, 1.82) is 0 Å². The van der Waals surface area contributed by atoms with Gasteiger partial charge >= 0.3 is 6.18 Å². The Labute approximate surface area is 136 Å². The zero-order chi connectivity index (χ0) is 17.6. The molecule has 0 aliphatic rings. The summed E-state index contributed by atoms with van der Waals surface area (Å²) in [5.41, 5.74) is 1.29. The summed E-state index contributed by atoms with van der Waals surface area (Å²) in [7, 11) is 0. The predicted molar refractivity (Wildman–Crippen MR) is 81.3 cm³/mol. The fourth-order valence-corrected chi connectivity index (χ4v) is 1.93. The van der Waals surface area contributed by atoms with E-state index >= 15 is 0 Å². The number of aryl methyl sites for hydroxylation is 1. The summed E-state index contributed by atoms with van der Waals surface area (Å²) in [5.74, 6) is -0.518. The Hall–Kier alpha value is -2.57. The third-order valence-electron chi connectivity index (χ3n) is 3.09. The molecule has 0 aromatic heterocycles. The monoisotopic (exact) mass is 341 g/mol. The van der Waals surface area contributed by atoms with E-state index in [1.807, 2.05) is 0 Å². The lowest BCUT2D eigenvalue weighted by molar-refractivity contribution is -0.153. The van der Waals surface area contributed by atoms with Gasteiger partial charge in [-0.25, -0.2) is 4.39 Å². The Kier molecular flexibility index (Phi) is 5.78. The van der Waals surface area contributed by atoms with Gasteiger partial charge in [0, 0.05) is 12.1 Å². The second-order valence-corrected chi connectivity index (χ2v) is 5.10. The topological polar surface area (TPSA) is 38.3 Å². The number of anilines is 1. The van der Waals surface area contributed by atoms with E-state index in [2.05, 4.69) is 10.1 Å². The molecule has 7 heteroatoms. The van der Waals surface area contributed by atoms with E-state index < -0.39 is 12.8 Å². The molecule has 2 rings (SSSR count). The second kappa shape index (κ2) is 7.81. The summed E-state index contributed by atoms with van der Waals surface area (Å²) in [5, 5.41) is 2.63. The molecular formula is C17H15F4NO2. The third-order valence-corrected chi connectivity index (χ3v) is 3.09. The Morgan fingerprint density at radius 2 is 1.62 bits per heavy atom. The summed E-state index contributed by atoms with van der Waals surface area (Å²) in [6.07, 6.45) is -3.73. The van der Waals surface area contributed by atoms with Crippen LogP contribution in [0.3, 0.4) is 0 Å². The lowest BCUT2D eigenvalue weighted by atomic mass is 10.1. The number of ether oxygens (including phenoxy) is 1. The molecule has 0 fully saturated rings. The van der Waals surface area contributed by atoms with Crippen molar-refractivity contribution in [3.63, 3.8) is 0 Å². The molecule has 0 atom stereocenters. The second-order valence-electron chi connectivity index (χ2n) is 5.10. The maximum atomic E-state index is 12.8. The van der Waals surface area contributed by atoms with Crippen LogP contribution >= 0.6 is 0 Å². The quantitative estimate of drug-likeness (QED) is 0.794. The van der Waals surface area contributed by atoms with Crippen molar-refractivity contribution in [3.8, 4) is 5.75 Å². The summed E-state index contributed by atoms with van der Waals surface area (Å²) in [6.45, 7) is -1.36. The number of benzene rings is 2. The minimum absolute atomic E-state index is 0.0663.